The molecule has 0 aliphatic heterocycles. The average Bonchev–Trinajstić information content (AvgIpc) is 2.71. The number of rotatable bonds is 6. The van der Waals surface area contributed by atoms with Crippen molar-refractivity contribution >= 4 is 42.1 Å². The smallest absolute Gasteiger partial charge is 0.220 e. The third kappa shape index (κ3) is 4.58. The number of nitrogens with one attached hydrogen (secondary N) is 2. The van der Waals surface area contributed by atoms with Crippen molar-refractivity contribution in [2.75, 3.05) is 13.6 Å². The van der Waals surface area contributed by atoms with Crippen LogP contribution in [0.5, 0.6) is 0 Å². The van der Waals surface area contributed by atoms with E-state index in [0.29, 0.717) is 6.42 Å². The fourth-order valence-corrected chi connectivity index (χ4v) is 3.26. The summed E-state index contributed by atoms with van der Waals surface area (Å²) >= 11 is 1.66. The minimum atomic E-state index is -0.157. The summed E-state index contributed by atoms with van der Waals surface area (Å²) in [4.78, 5) is 16.5. The zero-order chi connectivity index (χ0) is 13.0. The highest BCUT2D eigenvalue weighted by atomic mass is 35.5. The predicted molar refractivity (Wildman–Crippen MR) is 88.2 cm³/mol. The van der Waals surface area contributed by atoms with Crippen molar-refractivity contribution in [1.82, 2.24) is 15.6 Å². The standard InChI is InChI=1S/C13H21N3OS.2ClH/c1-10-9-18-12(15-10)13(6-4-7-13)16-11(17)5-3-8-14-2;;/h9,14H,3-8H2,1-2H3,(H,16,17);2*1H. The molecule has 0 bridgehead atoms. The van der Waals surface area contributed by atoms with Crippen LogP contribution in [0.15, 0.2) is 5.38 Å². The molecule has 7 heteroatoms. The van der Waals surface area contributed by atoms with Crippen molar-refractivity contribution in [2.24, 2.45) is 0 Å². The Hall–Kier alpha value is -0.360. The maximum absolute atomic E-state index is 11.9. The molecule has 0 unspecified atom stereocenters. The van der Waals surface area contributed by atoms with Gasteiger partial charge in [0.05, 0.1) is 5.54 Å². The SMILES string of the molecule is CNCCCC(=O)NC1(c2nc(C)cs2)CCC1.Cl.Cl. The predicted octanol–water partition coefficient (Wildman–Crippen LogP) is 2.79. The van der Waals surface area contributed by atoms with Gasteiger partial charge in [-0.05, 0) is 46.2 Å². The van der Waals surface area contributed by atoms with Crippen molar-refractivity contribution in [2.45, 2.75) is 44.6 Å². The van der Waals surface area contributed by atoms with Crippen molar-refractivity contribution in [3.8, 4) is 0 Å². The molecule has 0 radical (unpaired) electrons. The van der Waals surface area contributed by atoms with Crippen LogP contribution in [0, 0.1) is 6.92 Å². The van der Waals surface area contributed by atoms with E-state index >= 15 is 0 Å². The lowest BCUT2D eigenvalue weighted by Crippen LogP contribution is -2.50. The number of carbonyl (C=O) groups excluding carboxylic acids is 1. The zero-order valence-corrected chi connectivity index (χ0v) is 14.3. The van der Waals surface area contributed by atoms with Gasteiger partial charge in [0.15, 0.2) is 0 Å². The summed E-state index contributed by atoms with van der Waals surface area (Å²) < 4.78 is 0. The summed E-state index contributed by atoms with van der Waals surface area (Å²) in [5, 5.41) is 9.39. The lowest BCUT2D eigenvalue weighted by molar-refractivity contribution is -0.124. The molecule has 116 valence electrons. The Labute approximate surface area is 137 Å². The number of hydrogen-bond acceptors (Lipinski definition) is 4. The summed E-state index contributed by atoms with van der Waals surface area (Å²) in [5.74, 6) is 0.151. The molecule has 1 fully saturated rings. The Morgan fingerprint density at radius 3 is 2.60 bits per heavy atom. The van der Waals surface area contributed by atoms with Gasteiger partial charge in [0.1, 0.15) is 5.01 Å². The van der Waals surface area contributed by atoms with Gasteiger partial charge in [-0.3, -0.25) is 4.79 Å². The molecule has 1 aromatic heterocycles. The molecule has 1 aliphatic rings. The summed E-state index contributed by atoms with van der Waals surface area (Å²) in [7, 11) is 1.91. The van der Waals surface area contributed by atoms with E-state index in [1.165, 1.54) is 6.42 Å². The molecule has 0 spiro atoms. The van der Waals surface area contributed by atoms with Crippen molar-refractivity contribution in [3.05, 3.63) is 16.1 Å². The second-order valence-corrected chi connectivity index (χ2v) is 5.84. The van der Waals surface area contributed by atoms with Crippen LogP contribution in [-0.2, 0) is 10.3 Å². The van der Waals surface area contributed by atoms with Crippen LogP contribution in [-0.4, -0.2) is 24.5 Å². The van der Waals surface area contributed by atoms with Gasteiger partial charge >= 0.3 is 0 Å². The van der Waals surface area contributed by atoms with Crippen LogP contribution in [0.1, 0.15) is 42.8 Å². The van der Waals surface area contributed by atoms with Crippen LogP contribution in [0.3, 0.4) is 0 Å². The van der Waals surface area contributed by atoms with E-state index in [1.54, 1.807) is 11.3 Å². The number of hydrogen-bond donors (Lipinski definition) is 2. The summed E-state index contributed by atoms with van der Waals surface area (Å²) in [6.45, 7) is 2.89. The molecular weight excluding hydrogens is 317 g/mol. The van der Waals surface area contributed by atoms with E-state index < -0.39 is 0 Å². The molecule has 1 amide bonds. The number of carbonyl (C=O) groups is 1. The van der Waals surface area contributed by atoms with Gasteiger partial charge in [0.25, 0.3) is 0 Å². The van der Waals surface area contributed by atoms with E-state index in [1.807, 2.05) is 14.0 Å². The monoisotopic (exact) mass is 339 g/mol. The van der Waals surface area contributed by atoms with Crippen LogP contribution in [0.2, 0.25) is 0 Å². The van der Waals surface area contributed by atoms with E-state index in [-0.39, 0.29) is 36.3 Å². The highest BCUT2D eigenvalue weighted by molar-refractivity contribution is 7.09. The topological polar surface area (TPSA) is 54.0 Å². The number of aromatic nitrogens is 1. The molecule has 1 heterocycles. The summed E-state index contributed by atoms with van der Waals surface area (Å²) in [6.07, 6.45) is 4.70. The van der Waals surface area contributed by atoms with E-state index in [9.17, 15) is 4.79 Å². The number of thiazole rings is 1. The van der Waals surface area contributed by atoms with Crippen LogP contribution < -0.4 is 10.6 Å². The fraction of sp³-hybridized carbons (Fsp3) is 0.692. The molecule has 0 atom stereocenters. The first-order valence-electron chi connectivity index (χ1n) is 6.54. The lowest BCUT2D eigenvalue weighted by Gasteiger charge is -2.40. The largest absolute Gasteiger partial charge is 0.344 e. The molecule has 1 aromatic rings. The third-order valence-electron chi connectivity index (χ3n) is 3.44. The van der Waals surface area contributed by atoms with Gasteiger partial charge < -0.3 is 10.6 Å². The van der Waals surface area contributed by atoms with Crippen LogP contribution >= 0.6 is 36.2 Å². The fourth-order valence-electron chi connectivity index (χ4n) is 2.25. The van der Waals surface area contributed by atoms with E-state index in [2.05, 4.69) is 21.0 Å². The lowest BCUT2D eigenvalue weighted by atomic mass is 9.77. The Balaban J connectivity index is 0.00000180. The number of halogens is 2. The molecular formula is C13H23Cl2N3OS. The van der Waals surface area contributed by atoms with Gasteiger partial charge in [0, 0.05) is 17.5 Å². The Morgan fingerprint density at radius 2 is 2.15 bits per heavy atom. The first-order chi connectivity index (χ1) is 8.66. The van der Waals surface area contributed by atoms with Crippen molar-refractivity contribution < 1.29 is 4.79 Å². The van der Waals surface area contributed by atoms with Crippen molar-refractivity contribution in [3.63, 3.8) is 0 Å². The Bertz CT molecular complexity index is 422. The number of amides is 1. The van der Waals surface area contributed by atoms with Gasteiger partial charge in [0.2, 0.25) is 5.91 Å². The van der Waals surface area contributed by atoms with Gasteiger partial charge in [-0.1, -0.05) is 0 Å². The van der Waals surface area contributed by atoms with Crippen LogP contribution in [0.4, 0.5) is 0 Å². The van der Waals surface area contributed by atoms with E-state index in [0.717, 1.165) is 36.5 Å². The first kappa shape index (κ1) is 19.6. The maximum Gasteiger partial charge on any atom is 0.220 e. The third-order valence-corrected chi connectivity index (χ3v) is 4.61. The van der Waals surface area contributed by atoms with Gasteiger partial charge in [-0.2, -0.15) is 0 Å². The average molecular weight is 340 g/mol. The maximum atomic E-state index is 11.9. The second kappa shape index (κ2) is 8.82. The molecule has 0 saturated heterocycles. The second-order valence-electron chi connectivity index (χ2n) is 4.98. The Kier molecular flexibility index (Phi) is 8.66. The number of aryl methyl sites for hydroxylation is 1. The summed E-state index contributed by atoms with van der Waals surface area (Å²) in [5.41, 5.74) is 0.890. The minimum absolute atomic E-state index is 0. The molecule has 1 saturated carbocycles. The zero-order valence-electron chi connectivity index (χ0n) is 11.9. The quantitative estimate of drug-likeness (QED) is 0.783. The first-order valence-corrected chi connectivity index (χ1v) is 7.42. The van der Waals surface area contributed by atoms with Gasteiger partial charge in [-0.15, -0.1) is 36.2 Å². The Morgan fingerprint density at radius 1 is 1.45 bits per heavy atom. The molecule has 20 heavy (non-hydrogen) atoms. The highest BCUT2D eigenvalue weighted by Gasteiger charge is 2.42. The van der Waals surface area contributed by atoms with Crippen LogP contribution in [0.25, 0.3) is 0 Å². The summed E-state index contributed by atoms with van der Waals surface area (Å²) in [6, 6.07) is 0. The molecule has 2 N–H and O–H groups in total. The molecule has 0 aromatic carbocycles. The van der Waals surface area contributed by atoms with Crippen molar-refractivity contribution in [1.29, 1.82) is 0 Å². The molecule has 2 rings (SSSR count). The highest BCUT2D eigenvalue weighted by Crippen LogP contribution is 2.42. The van der Waals surface area contributed by atoms with Gasteiger partial charge in [-0.25, -0.2) is 4.98 Å². The molecule has 1 aliphatic carbocycles. The number of nitrogens with zero attached hydrogens (tertiary/aromatic N) is 1. The minimum Gasteiger partial charge on any atom is -0.344 e. The molecule has 4 nitrogen and oxygen atoms in total. The normalized spacial score (nSPS) is 15.5. The van der Waals surface area contributed by atoms with E-state index in [4.69, 9.17) is 0 Å².